The van der Waals surface area contributed by atoms with Crippen molar-refractivity contribution in [1.82, 2.24) is 0 Å². The van der Waals surface area contributed by atoms with Gasteiger partial charge in [0, 0.05) is 5.92 Å². The van der Waals surface area contributed by atoms with Crippen molar-refractivity contribution < 1.29 is 9.53 Å². The summed E-state index contributed by atoms with van der Waals surface area (Å²) in [6.07, 6.45) is 0. The number of rotatable bonds is 1. The minimum atomic E-state index is -1.75. The molecular formula is C15H20O2Si. The Morgan fingerprint density at radius 1 is 1.22 bits per heavy atom. The van der Waals surface area contributed by atoms with E-state index in [0.29, 0.717) is 0 Å². The van der Waals surface area contributed by atoms with Gasteiger partial charge in [0.15, 0.2) is 6.61 Å². The highest BCUT2D eigenvalue weighted by molar-refractivity contribution is 6.87. The fourth-order valence-corrected chi connectivity index (χ4v) is 1.46. The Hall–Kier alpha value is -1.63. The summed E-state index contributed by atoms with van der Waals surface area (Å²) in [5, 5.41) is 0.136. The zero-order valence-corrected chi connectivity index (χ0v) is 13.0. The first kappa shape index (κ1) is 16.4. The summed E-state index contributed by atoms with van der Waals surface area (Å²) in [6, 6.07) is 0. The summed E-state index contributed by atoms with van der Waals surface area (Å²) >= 11 is 0. The summed E-state index contributed by atoms with van der Waals surface area (Å²) in [7, 11) is -1.75. The Morgan fingerprint density at radius 2 is 1.83 bits per heavy atom. The van der Waals surface area contributed by atoms with Gasteiger partial charge < -0.3 is 4.74 Å². The van der Waals surface area contributed by atoms with E-state index in [4.69, 9.17) is 4.74 Å². The largest absolute Gasteiger partial charge is 0.443 e. The van der Waals surface area contributed by atoms with E-state index in [1.165, 1.54) is 0 Å². The first-order valence-corrected chi connectivity index (χ1v) is 8.80. The van der Waals surface area contributed by atoms with Gasteiger partial charge in [0.2, 0.25) is 0 Å². The molecule has 0 spiro atoms. The second-order valence-electron chi connectivity index (χ2n) is 5.38. The smallest absolute Gasteiger partial charge is 0.384 e. The zero-order valence-electron chi connectivity index (χ0n) is 12.0. The van der Waals surface area contributed by atoms with Crippen LogP contribution in [-0.2, 0) is 9.53 Å². The molecule has 0 aliphatic heterocycles. The molecule has 0 aromatic rings. The second kappa shape index (κ2) is 6.95. The van der Waals surface area contributed by atoms with E-state index in [9.17, 15) is 4.79 Å². The van der Waals surface area contributed by atoms with Crippen molar-refractivity contribution in [1.29, 1.82) is 0 Å². The van der Waals surface area contributed by atoms with Gasteiger partial charge in [0.25, 0.3) is 0 Å². The van der Waals surface area contributed by atoms with Crippen molar-refractivity contribution in [2.45, 2.75) is 45.8 Å². The minimum absolute atomic E-state index is 0.0414. The monoisotopic (exact) mass is 260 g/mol. The number of ether oxygens (including phenoxy) is 1. The topological polar surface area (TPSA) is 26.3 Å². The molecule has 0 N–H and O–H groups in total. The van der Waals surface area contributed by atoms with Gasteiger partial charge in [0.05, 0.1) is 0 Å². The normalized spacial score (nSPS) is 9.89. The Balaban J connectivity index is 4.43. The van der Waals surface area contributed by atoms with E-state index >= 15 is 0 Å². The summed E-state index contributed by atoms with van der Waals surface area (Å²) < 4.78 is 4.86. The third-order valence-electron chi connectivity index (χ3n) is 2.90. The molecule has 0 aliphatic rings. The Bertz CT molecular complexity index is 476. The third-order valence-corrected chi connectivity index (χ3v) is 7.40. The van der Waals surface area contributed by atoms with Gasteiger partial charge in [-0.15, -0.1) is 5.54 Å². The lowest BCUT2D eigenvalue weighted by Gasteiger charge is -2.31. The van der Waals surface area contributed by atoms with Crippen LogP contribution in [0.15, 0.2) is 0 Å². The Labute approximate surface area is 112 Å². The van der Waals surface area contributed by atoms with E-state index in [1.807, 2.05) is 0 Å². The number of carbonyl (C=O) groups excluding carboxylic acids is 1. The van der Waals surface area contributed by atoms with E-state index in [2.05, 4.69) is 69.0 Å². The highest BCUT2D eigenvalue weighted by Crippen LogP contribution is 2.34. The quantitative estimate of drug-likeness (QED) is 0.411. The molecule has 0 rings (SSSR count). The predicted molar refractivity (Wildman–Crippen MR) is 77.2 cm³/mol. The molecular weight excluding hydrogens is 240 g/mol. The van der Waals surface area contributed by atoms with E-state index in [-0.39, 0.29) is 11.6 Å². The maximum absolute atomic E-state index is 11.4. The number of hydrogen-bond acceptors (Lipinski definition) is 2. The fraction of sp³-hybridized carbons (Fsp3) is 0.533. The van der Waals surface area contributed by atoms with Gasteiger partial charge in [-0.1, -0.05) is 39.8 Å². The molecule has 0 atom stereocenters. The summed E-state index contributed by atoms with van der Waals surface area (Å²) in [6.45, 7) is 12.5. The van der Waals surface area contributed by atoms with Crippen molar-refractivity contribution in [3.05, 3.63) is 0 Å². The lowest BCUT2D eigenvalue weighted by atomic mass is 10.2. The van der Waals surface area contributed by atoms with Crippen LogP contribution in [0, 0.1) is 35.1 Å². The summed E-state index contributed by atoms with van der Waals surface area (Å²) in [5.41, 5.74) is 3.09. The number of esters is 1. The number of hydrogen-bond donors (Lipinski definition) is 0. The van der Waals surface area contributed by atoms with Gasteiger partial charge in [0.1, 0.15) is 8.07 Å². The molecule has 0 unspecified atom stereocenters. The molecule has 18 heavy (non-hydrogen) atoms. The molecule has 0 amide bonds. The zero-order chi connectivity index (χ0) is 14.2. The molecule has 0 fully saturated rings. The molecule has 3 heteroatoms. The van der Waals surface area contributed by atoms with Crippen LogP contribution in [0.2, 0.25) is 18.1 Å². The molecule has 0 radical (unpaired) electrons. The molecule has 0 heterocycles. The van der Waals surface area contributed by atoms with E-state index < -0.39 is 14.0 Å². The molecule has 2 nitrogen and oxygen atoms in total. The second-order valence-corrected chi connectivity index (χ2v) is 10.4. The van der Waals surface area contributed by atoms with Gasteiger partial charge in [-0.2, -0.15) is 0 Å². The maximum Gasteiger partial charge on any atom is 0.384 e. The van der Waals surface area contributed by atoms with Gasteiger partial charge in [-0.3, -0.25) is 0 Å². The van der Waals surface area contributed by atoms with Gasteiger partial charge in [-0.25, -0.2) is 4.79 Å². The first-order valence-electron chi connectivity index (χ1n) is 5.80. The van der Waals surface area contributed by atoms with Crippen LogP contribution >= 0.6 is 0 Å². The lowest BCUT2D eigenvalue weighted by Crippen LogP contribution is -2.35. The molecule has 0 aromatic heterocycles. The van der Waals surface area contributed by atoms with Crippen LogP contribution in [0.3, 0.4) is 0 Å². The van der Waals surface area contributed by atoms with Gasteiger partial charge >= 0.3 is 5.97 Å². The molecule has 0 aliphatic carbocycles. The first-order chi connectivity index (χ1) is 8.20. The Kier molecular flexibility index (Phi) is 6.32. The van der Waals surface area contributed by atoms with Crippen LogP contribution in [0.1, 0.15) is 27.7 Å². The highest BCUT2D eigenvalue weighted by Gasteiger charge is 2.33. The van der Waals surface area contributed by atoms with Crippen LogP contribution in [0.4, 0.5) is 0 Å². The van der Waals surface area contributed by atoms with E-state index in [0.717, 1.165) is 0 Å². The minimum Gasteiger partial charge on any atom is -0.443 e. The molecule has 0 saturated carbocycles. The number of carbonyl (C=O) groups is 1. The average molecular weight is 260 g/mol. The molecule has 0 aromatic carbocycles. The Morgan fingerprint density at radius 3 is 2.33 bits per heavy atom. The molecule has 0 saturated heterocycles. The van der Waals surface area contributed by atoms with Crippen molar-refractivity contribution in [2.75, 3.05) is 6.61 Å². The van der Waals surface area contributed by atoms with Crippen molar-refractivity contribution in [2.24, 2.45) is 0 Å². The average Bonchev–Trinajstić information content (AvgIpc) is 2.24. The predicted octanol–water partition coefficient (Wildman–Crippen LogP) is 2.61. The SMILES string of the molecule is CC#CC#CCOC(=O)C#C[Si](C)(C)C(C)(C)C. The molecule has 0 bridgehead atoms. The van der Waals surface area contributed by atoms with Crippen LogP contribution in [0.25, 0.3) is 0 Å². The molecule has 96 valence electrons. The van der Waals surface area contributed by atoms with Crippen molar-refractivity contribution in [3.8, 4) is 35.1 Å². The summed E-state index contributed by atoms with van der Waals surface area (Å²) in [4.78, 5) is 11.4. The highest BCUT2D eigenvalue weighted by atomic mass is 28.3. The summed E-state index contributed by atoms with van der Waals surface area (Å²) in [5.74, 6) is 12.4. The van der Waals surface area contributed by atoms with Crippen molar-refractivity contribution >= 4 is 14.0 Å². The lowest BCUT2D eigenvalue weighted by molar-refractivity contribution is -0.135. The third kappa shape index (κ3) is 6.19. The standard InChI is InChI=1S/C15H20O2Si/c1-7-8-9-10-12-17-14(16)11-13-18(5,6)15(2,3)4/h12H2,1-6H3. The van der Waals surface area contributed by atoms with E-state index in [1.54, 1.807) is 6.92 Å². The fourth-order valence-electron chi connectivity index (χ4n) is 0.675. The van der Waals surface area contributed by atoms with Crippen molar-refractivity contribution in [3.63, 3.8) is 0 Å². The van der Waals surface area contributed by atoms with Crippen LogP contribution < -0.4 is 0 Å². The van der Waals surface area contributed by atoms with Crippen LogP contribution in [-0.4, -0.2) is 20.7 Å². The van der Waals surface area contributed by atoms with Crippen LogP contribution in [0.5, 0.6) is 0 Å². The van der Waals surface area contributed by atoms with Gasteiger partial charge in [-0.05, 0) is 29.7 Å². The maximum atomic E-state index is 11.4.